The lowest BCUT2D eigenvalue weighted by Crippen LogP contribution is -1.93. The number of carboxylic acids is 1. The van der Waals surface area contributed by atoms with E-state index in [0.29, 0.717) is 6.10 Å². The quantitative estimate of drug-likeness (QED) is 0.507. The third-order valence-corrected chi connectivity index (χ3v) is 1.02. The van der Waals surface area contributed by atoms with Crippen LogP contribution in [-0.4, -0.2) is 35.0 Å². The molecule has 1 heterocycles. The SMILES string of the molecule is CC(=O)O.CC1OC1CO. The van der Waals surface area contributed by atoms with Crippen LogP contribution in [-0.2, 0) is 9.53 Å². The molecule has 0 bridgehead atoms. The van der Waals surface area contributed by atoms with Gasteiger partial charge in [-0.15, -0.1) is 0 Å². The van der Waals surface area contributed by atoms with Crippen molar-refractivity contribution < 1.29 is 19.7 Å². The molecular formula is C6H12O4. The highest BCUT2D eigenvalue weighted by molar-refractivity contribution is 5.62. The summed E-state index contributed by atoms with van der Waals surface area (Å²) in [6.45, 7) is 3.21. The predicted octanol–water partition coefficient (Wildman–Crippen LogP) is -0.143. The summed E-state index contributed by atoms with van der Waals surface area (Å²) in [5.41, 5.74) is 0. The molecule has 4 nitrogen and oxygen atoms in total. The van der Waals surface area contributed by atoms with E-state index in [2.05, 4.69) is 0 Å². The first kappa shape index (κ1) is 9.39. The normalized spacial score (nSPS) is 28.3. The molecule has 0 aromatic rings. The van der Waals surface area contributed by atoms with Gasteiger partial charge in [0.1, 0.15) is 6.10 Å². The van der Waals surface area contributed by atoms with E-state index in [0.717, 1.165) is 6.92 Å². The summed E-state index contributed by atoms with van der Waals surface area (Å²) in [5, 5.41) is 15.7. The number of ether oxygens (including phenoxy) is 1. The van der Waals surface area contributed by atoms with Crippen molar-refractivity contribution in [2.75, 3.05) is 6.61 Å². The Bertz CT molecular complexity index is 106. The smallest absolute Gasteiger partial charge is 0.300 e. The van der Waals surface area contributed by atoms with Gasteiger partial charge in [-0.1, -0.05) is 0 Å². The summed E-state index contributed by atoms with van der Waals surface area (Å²) in [5.74, 6) is -0.833. The Balaban J connectivity index is 0.000000180. The van der Waals surface area contributed by atoms with E-state index in [4.69, 9.17) is 19.7 Å². The van der Waals surface area contributed by atoms with Crippen LogP contribution in [0.5, 0.6) is 0 Å². The average molecular weight is 148 g/mol. The van der Waals surface area contributed by atoms with Gasteiger partial charge in [-0.3, -0.25) is 4.79 Å². The third-order valence-electron chi connectivity index (χ3n) is 1.02. The molecule has 0 aromatic carbocycles. The Morgan fingerprint density at radius 3 is 2.00 bits per heavy atom. The van der Waals surface area contributed by atoms with Crippen LogP contribution in [0.15, 0.2) is 0 Å². The third kappa shape index (κ3) is 5.53. The molecular weight excluding hydrogens is 136 g/mol. The van der Waals surface area contributed by atoms with Gasteiger partial charge in [0.2, 0.25) is 0 Å². The molecule has 0 spiro atoms. The molecule has 1 rings (SSSR count). The van der Waals surface area contributed by atoms with Gasteiger partial charge in [0.05, 0.1) is 12.7 Å². The highest BCUT2D eigenvalue weighted by Gasteiger charge is 2.32. The second-order valence-electron chi connectivity index (χ2n) is 2.08. The molecule has 4 heteroatoms. The van der Waals surface area contributed by atoms with Gasteiger partial charge in [-0.25, -0.2) is 0 Å². The van der Waals surface area contributed by atoms with E-state index in [1.54, 1.807) is 0 Å². The number of aliphatic carboxylic acids is 1. The fraction of sp³-hybridized carbons (Fsp3) is 0.833. The number of hydrogen-bond donors (Lipinski definition) is 2. The minimum atomic E-state index is -0.833. The van der Waals surface area contributed by atoms with Crippen molar-refractivity contribution in [1.29, 1.82) is 0 Å². The van der Waals surface area contributed by atoms with Crippen LogP contribution in [0.3, 0.4) is 0 Å². The standard InChI is InChI=1S/C4H8O2.C2H4O2/c1-3-4(2-5)6-3;1-2(3)4/h3-5H,2H2,1H3;1H3,(H,3,4). The Labute approximate surface area is 59.4 Å². The van der Waals surface area contributed by atoms with Crippen molar-refractivity contribution >= 4 is 5.97 Å². The van der Waals surface area contributed by atoms with Crippen molar-refractivity contribution in [2.24, 2.45) is 0 Å². The molecule has 0 aromatic heterocycles. The summed E-state index contributed by atoms with van der Waals surface area (Å²) >= 11 is 0. The molecule has 10 heavy (non-hydrogen) atoms. The maximum atomic E-state index is 9.00. The van der Waals surface area contributed by atoms with Crippen LogP contribution in [0.2, 0.25) is 0 Å². The highest BCUT2D eigenvalue weighted by Crippen LogP contribution is 2.18. The zero-order valence-corrected chi connectivity index (χ0v) is 6.07. The number of carboxylic acid groups (broad SMARTS) is 1. The molecule has 1 aliphatic rings. The van der Waals surface area contributed by atoms with E-state index in [9.17, 15) is 0 Å². The maximum Gasteiger partial charge on any atom is 0.300 e. The first-order chi connectivity index (χ1) is 4.57. The monoisotopic (exact) mass is 148 g/mol. The van der Waals surface area contributed by atoms with E-state index in [1.807, 2.05) is 6.92 Å². The van der Waals surface area contributed by atoms with E-state index in [1.165, 1.54) is 0 Å². The zero-order valence-electron chi connectivity index (χ0n) is 6.07. The lowest BCUT2D eigenvalue weighted by Gasteiger charge is -1.73. The lowest BCUT2D eigenvalue weighted by molar-refractivity contribution is -0.134. The van der Waals surface area contributed by atoms with Gasteiger partial charge >= 0.3 is 0 Å². The fourth-order valence-electron chi connectivity index (χ4n) is 0.422. The number of aliphatic hydroxyl groups excluding tert-OH is 1. The van der Waals surface area contributed by atoms with Gasteiger partial charge in [0.25, 0.3) is 5.97 Å². The molecule has 2 N–H and O–H groups in total. The van der Waals surface area contributed by atoms with E-state index < -0.39 is 5.97 Å². The van der Waals surface area contributed by atoms with Crippen LogP contribution < -0.4 is 0 Å². The van der Waals surface area contributed by atoms with Crippen molar-refractivity contribution in [1.82, 2.24) is 0 Å². The first-order valence-corrected chi connectivity index (χ1v) is 3.03. The summed E-state index contributed by atoms with van der Waals surface area (Å²) in [6, 6.07) is 0. The molecule has 1 aliphatic heterocycles. The molecule has 1 fully saturated rings. The predicted molar refractivity (Wildman–Crippen MR) is 34.7 cm³/mol. The molecule has 2 atom stereocenters. The second-order valence-corrected chi connectivity index (χ2v) is 2.08. The van der Waals surface area contributed by atoms with Crippen LogP contribution in [0, 0.1) is 0 Å². The number of carbonyl (C=O) groups is 1. The molecule has 0 saturated carbocycles. The zero-order chi connectivity index (χ0) is 8.15. The first-order valence-electron chi connectivity index (χ1n) is 3.03. The Kier molecular flexibility index (Phi) is 3.99. The largest absolute Gasteiger partial charge is 0.481 e. The summed E-state index contributed by atoms with van der Waals surface area (Å²) < 4.78 is 4.82. The average Bonchev–Trinajstić information content (AvgIpc) is 2.45. The van der Waals surface area contributed by atoms with Crippen molar-refractivity contribution in [3.63, 3.8) is 0 Å². The number of epoxide rings is 1. The molecule has 0 amide bonds. The Morgan fingerprint density at radius 1 is 1.70 bits per heavy atom. The Morgan fingerprint density at radius 2 is 2.00 bits per heavy atom. The van der Waals surface area contributed by atoms with Crippen LogP contribution in [0.4, 0.5) is 0 Å². The number of rotatable bonds is 1. The van der Waals surface area contributed by atoms with Gasteiger partial charge < -0.3 is 14.9 Å². The summed E-state index contributed by atoms with van der Waals surface area (Å²) in [6.07, 6.45) is 0.472. The van der Waals surface area contributed by atoms with Gasteiger partial charge in [-0.05, 0) is 6.92 Å². The molecule has 0 aliphatic carbocycles. The number of hydrogen-bond acceptors (Lipinski definition) is 3. The van der Waals surface area contributed by atoms with Crippen LogP contribution in [0.25, 0.3) is 0 Å². The summed E-state index contributed by atoms with van der Waals surface area (Å²) in [4.78, 5) is 9.00. The minimum Gasteiger partial charge on any atom is -0.481 e. The van der Waals surface area contributed by atoms with E-state index in [-0.39, 0.29) is 12.7 Å². The van der Waals surface area contributed by atoms with Crippen molar-refractivity contribution in [2.45, 2.75) is 26.1 Å². The molecule has 0 radical (unpaired) electrons. The van der Waals surface area contributed by atoms with Crippen molar-refractivity contribution in [3.05, 3.63) is 0 Å². The topological polar surface area (TPSA) is 70.1 Å². The molecule has 1 saturated heterocycles. The minimum absolute atomic E-state index is 0.157. The van der Waals surface area contributed by atoms with Crippen LogP contribution in [0.1, 0.15) is 13.8 Å². The van der Waals surface area contributed by atoms with E-state index >= 15 is 0 Å². The second kappa shape index (κ2) is 4.24. The highest BCUT2D eigenvalue weighted by atomic mass is 16.6. The maximum absolute atomic E-state index is 9.00. The van der Waals surface area contributed by atoms with Gasteiger partial charge in [-0.2, -0.15) is 0 Å². The Hall–Kier alpha value is -0.610. The summed E-state index contributed by atoms with van der Waals surface area (Å²) in [7, 11) is 0. The van der Waals surface area contributed by atoms with Crippen molar-refractivity contribution in [3.8, 4) is 0 Å². The number of aliphatic hydroxyl groups is 1. The lowest BCUT2D eigenvalue weighted by atomic mass is 10.4. The van der Waals surface area contributed by atoms with Gasteiger partial charge in [0.15, 0.2) is 0 Å². The van der Waals surface area contributed by atoms with Gasteiger partial charge in [0, 0.05) is 6.92 Å². The molecule has 60 valence electrons. The van der Waals surface area contributed by atoms with Crippen LogP contribution >= 0.6 is 0 Å². The fourth-order valence-corrected chi connectivity index (χ4v) is 0.422. The molecule has 2 unspecified atom stereocenters.